The predicted octanol–water partition coefficient (Wildman–Crippen LogP) is 2.42. The molecule has 1 saturated heterocycles. The van der Waals surface area contributed by atoms with Gasteiger partial charge in [-0.15, -0.1) is 0 Å². The quantitative estimate of drug-likeness (QED) is 0.838. The van der Waals surface area contributed by atoms with Crippen molar-refractivity contribution < 1.29 is 19.1 Å². The number of hydrogen-bond acceptors (Lipinski definition) is 4. The molecule has 1 aliphatic rings. The Bertz CT molecular complexity index is 607. The Labute approximate surface area is 149 Å². The molecule has 0 unspecified atom stereocenters. The van der Waals surface area contributed by atoms with Crippen molar-refractivity contribution >= 4 is 11.8 Å². The second-order valence-corrected chi connectivity index (χ2v) is 7.51. The minimum Gasteiger partial charge on any atom is -0.497 e. The molecule has 0 radical (unpaired) electrons. The number of carbonyl (C=O) groups excluding carboxylic acids is 2. The third kappa shape index (κ3) is 5.11. The van der Waals surface area contributed by atoms with Crippen LogP contribution in [0.4, 0.5) is 0 Å². The van der Waals surface area contributed by atoms with Crippen LogP contribution in [0.1, 0.15) is 37.6 Å². The number of nitrogens with zero attached hydrogens (tertiary/aromatic N) is 2. The van der Waals surface area contributed by atoms with E-state index in [0.717, 1.165) is 0 Å². The van der Waals surface area contributed by atoms with Crippen LogP contribution in [0, 0.1) is 5.41 Å². The van der Waals surface area contributed by atoms with Crippen LogP contribution in [0.2, 0.25) is 0 Å². The van der Waals surface area contributed by atoms with Gasteiger partial charge >= 0.3 is 0 Å². The Morgan fingerprint density at radius 1 is 0.920 bits per heavy atom. The average molecular weight is 348 g/mol. The van der Waals surface area contributed by atoms with Gasteiger partial charge in [0.1, 0.15) is 11.5 Å². The molecular formula is C19H28N2O4. The highest BCUT2D eigenvalue weighted by Gasteiger charge is 2.27. The van der Waals surface area contributed by atoms with Gasteiger partial charge in [-0.3, -0.25) is 9.59 Å². The van der Waals surface area contributed by atoms with E-state index in [1.165, 1.54) is 0 Å². The number of methoxy groups -OCH3 is 2. The Morgan fingerprint density at radius 3 is 1.84 bits per heavy atom. The smallest absolute Gasteiger partial charge is 0.254 e. The molecule has 6 nitrogen and oxygen atoms in total. The van der Waals surface area contributed by atoms with Crippen molar-refractivity contribution in [2.75, 3.05) is 40.4 Å². The van der Waals surface area contributed by atoms with Gasteiger partial charge in [0.2, 0.25) is 5.91 Å². The first-order valence-electron chi connectivity index (χ1n) is 8.53. The lowest BCUT2D eigenvalue weighted by Gasteiger charge is -2.36. The van der Waals surface area contributed by atoms with E-state index in [-0.39, 0.29) is 17.2 Å². The maximum absolute atomic E-state index is 12.8. The van der Waals surface area contributed by atoms with E-state index in [0.29, 0.717) is 49.7 Å². The zero-order valence-electron chi connectivity index (χ0n) is 15.8. The maximum Gasteiger partial charge on any atom is 0.254 e. The van der Waals surface area contributed by atoms with Crippen molar-refractivity contribution in [1.29, 1.82) is 0 Å². The molecule has 1 aromatic rings. The minimum absolute atomic E-state index is 0.0266. The molecular weight excluding hydrogens is 320 g/mol. The van der Waals surface area contributed by atoms with E-state index in [2.05, 4.69) is 20.8 Å². The van der Waals surface area contributed by atoms with E-state index in [4.69, 9.17) is 9.47 Å². The third-order valence-electron chi connectivity index (χ3n) is 4.20. The molecule has 0 atom stereocenters. The molecule has 0 N–H and O–H groups in total. The van der Waals surface area contributed by atoms with E-state index >= 15 is 0 Å². The molecule has 138 valence electrons. The highest BCUT2D eigenvalue weighted by Crippen LogP contribution is 2.24. The second-order valence-electron chi connectivity index (χ2n) is 7.51. The number of carbonyl (C=O) groups is 2. The Kier molecular flexibility index (Phi) is 5.93. The standard InChI is InChI=1S/C19H28N2O4/c1-19(2,3)13-17(22)20-6-8-21(9-7-20)18(23)14-10-15(24-4)12-16(11-14)25-5/h10-12H,6-9,13H2,1-5H3. The highest BCUT2D eigenvalue weighted by molar-refractivity contribution is 5.95. The Balaban J connectivity index is 2.01. The van der Waals surface area contributed by atoms with E-state index in [1.54, 1.807) is 37.3 Å². The van der Waals surface area contributed by atoms with Crippen molar-refractivity contribution in [3.63, 3.8) is 0 Å². The summed E-state index contributed by atoms with van der Waals surface area (Å²) < 4.78 is 10.5. The SMILES string of the molecule is COc1cc(OC)cc(C(=O)N2CCN(C(=O)CC(C)(C)C)CC2)c1. The summed E-state index contributed by atoms with van der Waals surface area (Å²) in [6.45, 7) is 8.38. The van der Waals surface area contributed by atoms with E-state index in [1.807, 2.05) is 4.90 Å². The molecule has 1 fully saturated rings. The fourth-order valence-electron chi connectivity index (χ4n) is 2.84. The van der Waals surface area contributed by atoms with Crippen molar-refractivity contribution in [3.05, 3.63) is 23.8 Å². The maximum atomic E-state index is 12.8. The molecule has 0 aliphatic carbocycles. The molecule has 6 heteroatoms. The van der Waals surface area contributed by atoms with Crippen molar-refractivity contribution in [1.82, 2.24) is 9.80 Å². The van der Waals surface area contributed by atoms with Crippen LogP contribution < -0.4 is 9.47 Å². The van der Waals surface area contributed by atoms with Crippen LogP contribution in [-0.2, 0) is 4.79 Å². The van der Waals surface area contributed by atoms with Crippen LogP contribution in [0.5, 0.6) is 11.5 Å². The van der Waals surface area contributed by atoms with E-state index in [9.17, 15) is 9.59 Å². The average Bonchev–Trinajstić information content (AvgIpc) is 2.59. The minimum atomic E-state index is -0.0693. The molecule has 1 aliphatic heterocycles. The van der Waals surface area contributed by atoms with Gasteiger partial charge in [-0.05, 0) is 17.5 Å². The Hall–Kier alpha value is -2.24. The topological polar surface area (TPSA) is 59.1 Å². The van der Waals surface area contributed by atoms with Gasteiger partial charge in [-0.25, -0.2) is 0 Å². The fraction of sp³-hybridized carbons (Fsp3) is 0.579. The summed E-state index contributed by atoms with van der Waals surface area (Å²) in [6.07, 6.45) is 0.522. The van der Waals surface area contributed by atoms with Crippen molar-refractivity contribution in [2.45, 2.75) is 27.2 Å². The summed E-state index contributed by atoms with van der Waals surface area (Å²) in [6, 6.07) is 5.16. The number of piperazine rings is 1. The lowest BCUT2D eigenvalue weighted by atomic mass is 9.91. The lowest BCUT2D eigenvalue weighted by Crippen LogP contribution is -2.51. The van der Waals surface area contributed by atoms with Crippen molar-refractivity contribution in [3.8, 4) is 11.5 Å². The largest absolute Gasteiger partial charge is 0.497 e. The molecule has 0 aromatic heterocycles. The third-order valence-corrected chi connectivity index (χ3v) is 4.20. The van der Waals surface area contributed by atoms with Crippen LogP contribution in [0.25, 0.3) is 0 Å². The molecule has 1 heterocycles. The molecule has 25 heavy (non-hydrogen) atoms. The van der Waals surface area contributed by atoms with Gasteiger partial charge in [-0.1, -0.05) is 20.8 Å². The summed E-state index contributed by atoms with van der Waals surface area (Å²) in [5, 5.41) is 0. The van der Waals surface area contributed by atoms with Crippen LogP contribution >= 0.6 is 0 Å². The van der Waals surface area contributed by atoms with Gasteiger partial charge in [0.05, 0.1) is 14.2 Å². The van der Waals surface area contributed by atoms with Crippen molar-refractivity contribution in [2.24, 2.45) is 5.41 Å². The van der Waals surface area contributed by atoms with Crippen LogP contribution in [0.15, 0.2) is 18.2 Å². The summed E-state index contributed by atoms with van der Waals surface area (Å²) >= 11 is 0. The predicted molar refractivity (Wildman–Crippen MR) is 96.1 cm³/mol. The first kappa shape index (κ1) is 19.1. The number of hydrogen-bond donors (Lipinski definition) is 0. The van der Waals surface area contributed by atoms with Crippen LogP contribution in [-0.4, -0.2) is 62.0 Å². The fourth-order valence-corrected chi connectivity index (χ4v) is 2.84. The van der Waals surface area contributed by atoms with Gasteiger partial charge in [0.25, 0.3) is 5.91 Å². The van der Waals surface area contributed by atoms with Gasteiger partial charge < -0.3 is 19.3 Å². The monoisotopic (exact) mass is 348 g/mol. The van der Waals surface area contributed by atoms with Gasteiger partial charge in [0, 0.05) is 44.2 Å². The van der Waals surface area contributed by atoms with Gasteiger partial charge in [0.15, 0.2) is 0 Å². The molecule has 0 bridgehead atoms. The zero-order valence-corrected chi connectivity index (χ0v) is 15.8. The number of amides is 2. The first-order chi connectivity index (χ1) is 11.7. The summed E-state index contributed by atoms with van der Waals surface area (Å²) in [5.74, 6) is 1.26. The van der Waals surface area contributed by atoms with E-state index < -0.39 is 0 Å². The Morgan fingerprint density at radius 2 is 1.40 bits per heavy atom. The molecule has 0 saturated carbocycles. The first-order valence-corrected chi connectivity index (χ1v) is 8.53. The normalized spacial score (nSPS) is 15.1. The molecule has 2 amide bonds. The summed E-state index contributed by atoms with van der Waals surface area (Å²) in [4.78, 5) is 28.7. The summed E-state index contributed by atoms with van der Waals surface area (Å²) in [7, 11) is 3.12. The number of ether oxygens (including phenoxy) is 2. The van der Waals surface area contributed by atoms with Gasteiger partial charge in [-0.2, -0.15) is 0 Å². The zero-order chi connectivity index (χ0) is 18.6. The molecule has 0 spiro atoms. The number of rotatable bonds is 4. The molecule has 2 rings (SSSR count). The highest BCUT2D eigenvalue weighted by atomic mass is 16.5. The summed E-state index contributed by atoms with van der Waals surface area (Å²) in [5.41, 5.74) is 0.506. The van der Waals surface area contributed by atoms with Crippen LogP contribution in [0.3, 0.4) is 0 Å². The number of benzene rings is 1. The molecule has 1 aromatic carbocycles. The second kappa shape index (κ2) is 7.76. The lowest BCUT2D eigenvalue weighted by molar-refractivity contribution is -0.134.